The maximum atomic E-state index is 5.91. The molecule has 0 amide bonds. The number of nitrogens with zero attached hydrogens (tertiary/aromatic N) is 3. The third kappa shape index (κ3) is 3.32. The minimum atomic E-state index is 0.374. The zero-order valence-electron chi connectivity index (χ0n) is 11.5. The highest BCUT2D eigenvalue weighted by atomic mass is 15.2. The van der Waals surface area contributed by atoms with Crippen LogP contribution in [0.1, 0.15) is 31.4 Å². The molecule has 100 valence electrons. The van der Waals surface area contributed by atoms with E-state index in [0.717, 1.165) is 43.1 Å². The van der Waals surface area contributed by atoms with Crippen LogP contribution in [-0.4, -0.2) is 36.1 Å². The molecular weight excluding hydrogens is 226 g/mol. The van der Waals surface area contributed by atoms with Gasteiger partial charge in [-0.3, -0.25) is 0 Å². The van der Waals surface area contributed by atoms with E-state index < -0.39 is 0 Å². The van der Waals surface area contributed by atoms with Crippen LogP contribution in [-0.2, 0) is 0 Å². The minimum absolute atomic E-state index is 0.374. The largest absolute Gasteiger partial charge is 0.363 e. The number of hydrogen-bond donors (Lipinski definition) is 2. The van der Waals surface area contributed by atoms with Gasteiger partial charge in [-0.15, -0.1) is 0 Å². The van der Waals surface area contributed by atoms with Gasteiger partial charge >= 0.3 is 0 Å². The number of aromatic nitrogens is 2. The molecule has 3 N–H and O–H groups in total. The van der Waals surface area contributed by atoms with Crippen molar-refractivity contribution in [2.45, 2.75) is 44.7 Å². The Morgan fingerprint density at radius 3 is 2.50 bits per heavy atom. The standard InChI is InChI=1S/C13H23N5/c1-9-8-12(18(2)3)17-13(15-9)16-11-6-4-10(14)5-7-11/h8,10-11H,4-7,14H2,1-3H3,(H,15,16,17)/t10-,11+. The summed E-state index contributed by atoms with van der Waals surface area (Å²) in [7, 11) is 3.98. The van der Waals surface area contributed by atoms with Gasteiger partial charge in [-0.2, -0.15) is 4.98 Å². The van der Waals surface area contributed by atoms with E-state index >= 15 is 0 Å². The molecule has 1 fully saturated rings. The maximum Gasteiger partial charge on any atom is 0.225 e. The van der Waals surface area contributed by atoms with Crippen LogP contribution >= 0.6 is 0 Å². The van der Waals surface area contributed by atoms with Crippen LogP contribution in [0.5, 0.6) is 0 Å². The lowest BCUT2D eigenvalue weighted by atomic mass is 9.92. The average Bonchev–Trinajstić information content (AvgIpc) is 2.31. The summed E-state index contributed by atoms with van der Waals surface area (Å²) in [4.78, 5) is 11.0. The number of nitrogens with one attached hydrogen (secondary N) is 1. The molecule has 1 aliphatic rings. The molecule has 0 saturated heterocycles. The van der Waals surface area contributed by atoms with Crippen molar-refractivity contribution in [2.24, 2.45) is 5.73 Å². The third-order valence-electron chi connectivity index (χ3n) is 3.40. The van der Waals surface area contributed by atoms with Gasteiger partial charge < -0.3 is 16.0 Å². The molecule has 0 spiro atoms. The Balaban J connectivity index is 2.04. The number of hydrogen-bond acceptors (Lipinski definition) is 5. The number of nitrogens with two attached hydrogens (primary N) is 1. The summed E-state index contributed by atoms with van der Waals surface area (Å²) in [5.74, 6) is 1.68. The van der Waals surface area contributed by atoms with Gasteiger partial charge in [-0.25, -0.2) is 4.98 Å². The van der Waals surface area contributed by atoms with Gasteiger partial charge in [-0.05, 0) is 32.6 Å². The number of rotatable bonds is 3. The summed E-state index contributed by atoms with van der Waals surface area (Å²) >= 11 is 0. The highest BCUT2D eigenvalue weighted by Gasteiger charge is 2.19. The SMILES string of the molecule is Cc1cc(N(C)C)nc(N[C@H]2CC[C@@H](N)CC2)n1. The van der Waals surface area contributed by atoms with Crippen molar-refractivity contribution in [1.82, 2.24) is 9.97 Å². The topological polar surface area (TPSA) is 67.1 Å². The summed E-state index contributed by atoms with van der Waals surface area (Å²) in [6.45, 7) is 2.00. The molecule has 0 radical (unpaired) electrons. The number of aryl methyl sites for hydroxylation is 1. The molecule has 18 heavy (non-hydrogen) atoms. The zero-order chi connectivity index (χ0) is 13.1. The van der Waals surface area contributed by atoms with Crippen molar-refractivity contribution in [1.29, 1.82) is 0 Å². The zero-order valence-corrected chi connectivity index (χ0v) is 11.5. The third-order valence-corrected chi connectivity index (χ3v) is 3.40. The Labute approximate surface area is 109 Å². The smallest absolute Gasteiger partial charge is 0.225 e. The van der Waals surface area contributed by atoms with Crippen LogP contribution in [0.3, 0.4) is 0 Å². The van der Waals surface area contributed by atoms with Crippen molar-refractivity contribution >= 4 is 11.8 Å². The maximum absolute atomic E-state index is 5.91. The van der Waals surface area contributed by atoms with E-state index in [1.54, 1.807) is 0 Å². The van der Waals surface area contributed by atoms with Crippen molar-refractivity contribution in [3.8, 4) is 0 Å². The van der Waals surface area contributed by atoms with Crippen LogP contribution in [0.2, 0.25) is 0 Å². The summed E-state index contributed by atoms with van der Waals surface area (Å²) in [5.41, 5.74) is 6.90. The van der Waals surface area contributed by atoms with Crippen molar-refractivity contribution in [3.63, 3.8) is 0 Å². The van der Waals surface area contributed by atoms with Crippen LogP contribution in [0, 0.1) is 6.92 Å². The molecule has 1 saturated carbocycles. The van der Waals surface area contributed by atoms with Gasteiger partial charge in [0.05, 0.1) is 0 Å². The van der Waals surface area contributed by atoms with Gasteiger partial charge in [0.25, 0.3) is 0 Å². The van der Waals surface area contributed by atoms with E-state index in [4.69, 9.17) is 5.73 Å². The lowest BCUT2D eigenvalue weighted by Gasteiger charge is -2.27. The first-order valence-corrected chi connectivity index (χ1v) is 6.59. The van der Waals surface area contributed by atoms with Crippen molar-refractivity contribution in [3.05, 3.63) is 11.8 Å². The van der Waals surface area contributed by atoms with Crippen LogP contribution in [0.15, 0.2) is 6.07 Å². The first-order chi connectivity index (χ1) is 8.54. The highest BCUT2D eigenvalue weighted by Crippen LogP contribution is 2.21. The van der Waals surface area contributed by atoms with E-state index in [0.29, 0.717) is 12.1 Å². The summed E-state index contributed by atoms with van der Waals surface area (Å²) in [6, 6.07) is 2.82. The first-order valence-electron chi connectivity index (χ1n) is 6.59. The summed E-state index contributed by atoms with van der Waals surface area (Å²) in [5, 5.41) is 3.43. The lowest BCUT2D eigenvalue weighted by molar-refractivity contribution is 0.410. The molecule has 0 atom stereocenters. The number of anilines is 2. The molecule has 0 bridgehead atoms. The van der Waals surface area contributed by atoms with E-state index in [1.165, 1.54) is 0 Å². The normalized spacial score (nSPS) is 23.8. The van der Waals surface area contributed by atoms with Gasteiger partial charge in [0.1, 0.15) is 5.82 Å². The Morgan fingerprint density at radius 1 is 1.22 bits per heavy atom. The molecule has 1 aromatic rings. The second-order valence-corrected chi connectivity index (χ2v) is 5.34. The Morgan fingerprint density at radius 2 is 1.89 bits per heavy atom. The fourth-order valence-electron chi connectivity index (χ4n) is 2.29. The molecule has 0 aromatic carbocycles. The second-order valence-electron chi connectivity index (χ2n) is 5.34. The summed E-state index contributed by atoms with van der Waals surface area (Å²) < 4.78 is 0. The fraction of sp³-hybridized carbons (Fsp3) is 0.692. The molecule has 1 aromatic heterocycles. The van der Waals surface area contributed by atoms with Crippen LogP contribution in [0.25, 0.3) is 0 Å². The van der Waals surface area contributed by atoms with Gasteiger partial charge in [-0.1, -0.05) is 0 Å². The second kappa shape index (κ2) is 5.52. The Bertz CT molecular complexity index is 396. The molecule has 0 unspecified atom stereocenters. The first kappa shape index (κ1) is 13.1. The van der Waals surface area contributed by atoms with E-state index in [9.17, 15) is 0 Å². The average molecular weight is 249 g/mol. The molecular formula is C13H23N5. The molecule has 5 heteroatoms. The Kier molecular flexibility index (Phi) is 4.01. The van der Waals surface area contributed by atoms with Gasteiger partial charge in [0, 0.05) is 37.9 Å². The predicted molar refractivity (Wildman–Crippen MR) is 75.0 cm³/mol. The van der Waals surface area contributed by atoms with Crippen molar-refractivity contribution < 1.29 is 0 Å². The molecule has 5 nitrogen and oxygen atoms in total. The van der Waals surface area contributed by atoms with Crippen molar-refractivity contribution in [2.75, 3.05) is 24.3 Å². The monoisotopic (exact) mass is 249 g/mol. The predicted octanol–water partition coefficient (Wildman–Crippen LogP) is 1.53. The lowest BCUT2D eigenvalue weighted by Crippen LogP contribution is -2.33. The fourth-order valence-corrected chi connectivity index (χ4v) is 2.29. The molecule has 2 rings (SSSR count). The van der Waals surface area contributed by atoms with Gasteiger partial charge in [0.2, 0.25) is 5.95 Å². The van der Waals surface area contributed by atoms with E-state index in [-0.39, 0.29) is 0 Å². The van der Waals surface area contributed by atoms with Gasteiger partial charge in [0.15, 0.2) is 0 Å². The van der Waals surface area contributed by atoms with Crippen LogP contribution in [0.4, 0.5) is 11.8 Å². The van der Waals surface area contributed by atoms with E-state index in [1.807, 2.05) is 32.0 Å². The van der Waals surface area contributed by atoms with Crippen LogP contribution < -0.4 is 16.0 Å². The molecule has 1 heterocycles. The Hall–Kier alpha value is -1.36. The molecule has 0 aliphatic heterocycles. The quantitative estimate of drug-likeness (QED) is 0.850. The minimum Gasteiger partial charge on any atom is -0.363 e. The summed E-state index contributed by atoms with van der Waals surface area (Å²) in [6.07, 6.45) is 4.39. The molecule has 1 aliphatic carbocycles. The highest BCUT2D eigenvalue weighted by molar-refractivity contribution is 5.43. The van der Waals surface area contributed by atoms with E-state index in [2.05, 4.69) is 15.3 Å².